The van der Waals surface area contributed by atoms with Gasteiger partial charge in [0.15, 0.2) is 5.43 Å². The summed E-state index contributed by atoms with van der Waals surface area (Å²) in [5.41, 5.74) is 1.95. The van der Waals surface area contributed by atoms with Gasteiger partial charge >= 0.3 is 6.61 Å². The number of benzene rings is 1. The van der Waals surface area contributed by atoms with Gasteiger partial charge in [-0.1, -0.05) is 13.8 Å². The van der Waals surface area contributed by atoms with Crippen LogP contribution in [0.5, 0.6) is 5.75 Å². The van der Waals surface area contributed by atoms with E-state index in [0.29, 0.717) is 16.5 Å². The number of rotatable bonds is 3. The molecule has 0 saturated heterocycles. The molecule has 0 radical (unpaired) electrons. The molecule has 0 saturated carbocycles. The van der Waals surface area contributed by atoms with Gasteiger partial charge in [-0.2, -0.15) is 8.78 Å². The number of aryl methyl sites for hydroxylation is 1. The molecule has 5 heteroatoms. The smallest absolute Gasteiger partial charge is 0.387 e. The number of pyridine rings is 1. The van der Waals surface area contributed by atoms with Crippen LogP contribution >= 0.6 is 0 Å². The maximum atomic E-state index is 12.4. The van der Waals surface area contributed by atoms with E-state index in [-0.39, 0.29) is 17.1 Å². The van der Waals surface area contributed by atoms with Crippen molar-refractivity contribution in [2.45, 2.75) is 33.3 Å². The molecule has 19 heavy (non-hydrogen) atoms. The number of H-pyrrole nitrogens is 1. The number of halogens is 2. The second kappa shape index (κ2) is 4.99. The molecule has 0 amide bonds. The van der Waals surface area contributed by atoms with Crippen LogP contribution in [0.1, 0.15) is 31.0 Å². The number of hydrogen-bond acceptors (Lipinski definition) is 2. The summed E-state index contributed by atoms with van der Waals surface area (Å²) in [6, 6.07) is 4.34. The Balaban J connectivity index is 2.67. The van der Waals surface area contributed by atoms with Crippen LogP contribution in [0, 0.1) is 6.92 Å². The zero-order valence-electron chi connectivity index (χ0n) is 11.0. The lowest BCUT2D eigenvalue weighted by molar-refractivity contribution is -0.0497. The lowest BCUT2D eigenvalue weighted by Gasteiger charge is -2.12. The Morgan fingerprint density at radius 1 is 1.26 bits per heavy atom. The number of alkyl halides is 2. The van der Waals surface area contributed by atoms with E-state index in [2.05, 4.69) is 9.72 Å². The highest BCUT2D eigenvalue weighted by molar-refractivity contribution is 5.81. The molecule has 0 fully saturated rings. The van der Waals surface area contributed by atoms with Crippen LogP contribution in [-0.2, 0) is 0 Å². The van der Waals surface area contributed by atoms with Crippen molar-refractivity contribution in [3.8, 4) is 5.75 Å². The Morgan fingerprint density at radius 2 is 1.95 bits per heavy atom. The highest BCUT2D eigenvalue weighted by atomic mass is 19.3. The van der Waals surface area contributed by atoms with Crippen molar-refractivity contribution in [2.24, 2.45) is 0 Å². The molecule has 0 aliphatic rings. The second-order valence-electron chi connectivity index (χ2n) is 4.73. The molecule has 102 valence electrons. The first kappa shape index (κ1) is 13.5. The molecule has 2 rings (SSSR count). The van der Waals surface area contributed by atoms with E-state index in [1.54, 1.807) is 6.07 Å². The minimum Gasteiger partial charge on any atom is -0.435 e. The normalized spacial score (nSPS) is 11.5. The Kier molecular flexibility index (Phi) is 3.55. The number of hydrogen-bond donors (Lipinski definition) is 1. The van der Waals surface area contributed by atoms with E-state index in [0.717, 1.165) is 5.69 Å². The summed E-state index contributed by atoms with van der Waals surface area (Å²) in [5, 5.41) is 0.368. The minimum atomic E-state index is -2.90. The van der Waals surface area contributed by atoms with Gasteiger partial charge in [-0.05, 0) is 31.0 Å². The van der Waals surface area contributed by atoms with E-state index >= 15 is 0 Å². The second-order valence-corrected chi connectivity index (χ2v) is 4.73. The van der Waals surface area contributed by atoms with Gasteiger partial charge in [0.05, 0.1) is 0 Å². The molecule has 0 atom stereocenters. The maximum Gasteiger partial charge on any atom is 0.387 e. The van der Waals surface area contributed by atoms with Crippen molar-refractivity contribution in [3.05, 3.63) is 39.7 Å². The molecule has 1 aromatic heterocycles. The molecule has 0 unspecified atom stereocenters. The molecule has 2 aromatic rings. The van der Waals surface area contributed by atoms with Gasteiger partial charge in [0.2, 0.25) is 0 Å². The Bertz CT molecular complexity index is 662. The third-order valence-electron chi connectivity index (χ3n) is 3.01. The molecule has 0 bridgehead atoms. The molecular formula is C14H15F2NO2. The first-order chi connectivity index (χ1) is 8.90. The number of aromatic amines is 1. The van der Waals surface area contributed by atoms with Crippen LogP contribution in [0.25, 0.3) is 10.9 Å². The molecule has 1 heterocycles. The molecule has 1 aromatic carbocycles. The summed E-state index contributed by atoms with van der Waals surface area (Å²) in [4.78, 5) is 15.5. The first-order valence-electron chi connectivity index (χ1n) is 6.01. The number of nitrogens with one attached hydrogen (secondary N) is 1. The Labute approximate surface area is 109 Å². The van der Waals surface area contributed by atoms with E-state index in [4.69, 9.17) is 0 Å². The fourth-order valence-corrected chi connectivity index (χ4v) is 2.28. The maximum absolute atomic E-state index is 12.4. The van der Waals surface area contributed by atoms with Gasteiger partial charge in [0, 0.05) is 22.2 Å². The third-order valence-corrected chi connectivity index (χ3v) is 3.01. The number of aromatic nitrogens is 1. The van der Waals surface area contributed by atoms with Gasteiger partial charge < -0.3 is 9.72 Å². The van der Waals surface area contributed by atoms with E-state index in [9.17, 15) is 13.6 Å². The molecule has 0 spiro atoms. The van der Waals surface area contributed by atoms with Crippen LogP contribution < -0.4 is 10.2 Å². The molecule has 0 aliphatic heterocycles. The fraction of sp³-hybridized carbons (Fsp3) is 0.357. The largest absolute Gasteiger partial charge is 0.435 e. The van der Waals surface area contributed by atoms with Gasteiger partial charge in [0.1, 0.15) is 5.75 Å². The SMILES string of the molecule is Cc1[nH]c2ccc(OC(F)F)cc2c(=O)c1C(C)C. The quantitative estimate of drug-likeness (QED) is 0.923. The lowest BCUT2D eigenvalue weighted by Crippen LogP contribution is -2.15. The summed E-state index contributed by atoms with van der Waals surface area (Å²) < 4.78 is 28.7. The predicted octanol–water partition coefficient (Wildman–Crippen LogP) is 3.56. The summed E-state index contributed by atoms with van der Waals surface area (Å²) in [7, 11) is 0. The summed E-state index contributed by atoms with van der Waals surface area (Å²) >= 11 is 0. The topological polar surface area (TPSA) is 42.1 Å². The van der Waals surface area contributed by atoms with Crippen LogP contribution in [-0.4, -0.2) is 11.6 Å². The van der Waals surface area contributed by atoms with Gasteiger partial charge in [-0.25, -0.2) is 0 Å². The van der Waals surface area contributed by atoms with Crippen molar-refractivity contribution in [1.29, 1.82) is 0 Å². The molecular weight excluding hydrogens is 252 g/mol. The van der Waals surface area contributed by atoms with E-state index < -0.39 is 6.61 Å². The zero-order chi connectivity index (χ0) is 14.2. The Morgan fingerprint density at radius 3 is 2.53 bits per heavy atom. The predicted molar refractivity (Wildman–Crippen MR) is 70.0 cm³/mol. The zero-order valence-corrected chi connectivity index (χ0v) is 11.0. The van der Waals surface area contributed by atoms with Crippen molar-refractivity contribution in [3.63, 3.8) is 0 Å². The van der Waals surface area contributed by atoms with Crippen molar-refractivity contribution in [2.75, 3.05) is 0 Å². The molecule has 3 nitrogen and oxygen atoms in total. The number of ether oxygens (including phenoxy) is 1. The van der Waals surface area contributed by atoms with Gasteiger partial charge in [0.25, 0.3) is 0 Å². The minimum absolute atomic E-state index is 0.00782. The summed E-state index contributed by atoms with van der Waals surface area (Å²) in [5.74, 6) is 0.0550. The van der Waals surface area contributed by atoms with Gasteiger partial charge in [-0.15, -0.1) is 0 Å². The summed E-state index contributed by atoms with van der Waals surface area (Å²) in [6.45, 7) is 2.78. The van der Waals surface area contributed by atoms with Crippen LogP contribution in [0.2, 0.25) is 0 Å². The van der Waals surface area contributed by atoms with Crippen molar-refractivity contribution < 1.29 is 13.5 Å². The van der Waals surface area contributed by atoms with Crippen molar-refractivity contribution >= 4 is 10.9 Å². The standard InChI is InChI=1S/C14H15F2NO2/c1-7(2)12-8(3)17-11-5-4-9(19-14(15)16)6-10(11)13(12)18/h4-7,14H,1-3H3,(H,17,18). The monoisotopic (exact) mass is 267 g/mol. The average molecular weight is 267 g/mol. The average Bonchev–Trinajstić information content (AvgIpc) is 2.28. The van der Waals surface area contributed by atoms with Crippen molar-refractivity contribution in [1.82, 2.24) is 4.98 Å². The Hall–Kier alpha value is -1.91. The molecule has 0 aliphatic carbocycles. The first-order valence-corrected chi connectivity index (χ1v) is 6.01. The fourth-order valence-electron chi connectivity index (χ4n) is 2.28. The highest BCUT2D eigenvalue weighted by Crippen LogP contribution is 2.22. The summed E-state index contributed by atoms with van der Waals surface area (Å²) in [6.07, 6.45) is 0. The number of fused-ring (bicyclic) bond motifs is 1. The van der Waals surface area contributed by atoms with E-state index in [1.807, 2.05) is 20.8 Å². The molecule has 1 N–H and O–H groups in total. The van der Waals surface area contributed by atoms with Crippen LogP contribution in [0.3, 0.4) is 0 Å². The van der Waals surface area contributed by atoms with Crippen LogP contribution in [0.15, 0.2) is 23.0 Å². The highest BCUT2D eigenvalue weighted by Gasteiger charge is 2.13. The van der Waals surface area contributed by atoms with Crippen LogP contribution in [0.4, 0.5) is 8.78 Å². The van der Waals surface area contributed by atoms with E-state index in [1.165, 1.54) is 12.1 Å². The lowest BCUT2D eigenvalue weighted by atomic mass is 9.99. The van der Waals surface area contributed by atoms with Gasteiger partial charge in [-0.3, -0.25) is 4.79 Å². The third kappa shape index (κ3) is 2.59.